The lowest BCUT2D eigenvalue weighted by molar-refractivity contribution is -0.114. The van der Waals surface area contributed by atoms with Gasteiger partial charge in [0.2, 0.25) is 15.7 Å². The zero-order valence-corrected chi connectivity index (χ0v) is 17.9. The molecule has 0 radical (unpaired) electrons. The molecule has 2 aromatic carbocycles. The lowest BCUT2D eigenvalue weighted by Crippen LogP contribution is -2.05. The van der Waals surface area contributed by atoms with Crippen LogP contribution in [-0.2, 0) is 14.6 Å². The number of nitrogens with zero attached hydrogens (tertiary/aromatic N) is 1. The van der Waals surface area contributed by atoms with E-state index in [-0.39, 0.29) is 15.8 Å². The molecule has 152 valence electrons. The number of benzene rings is 2. The van der Waals surface area contributed by atoms with Crippen molar-refractivity contribution in [3.63, 3.8) is 0 Å². The van der Waals surface area contributed by atoms with Crippen molar-refractivity contribution in [3.05, 3.63) is 66.7 Å². The zero-order chi connectivity index (χ0) is 21.3. The Morgan fingerprint density at radius 1 is 1.03 bits per heavy atom. The molecule has 0 saturated heterocycles. The minimum Gasteiger partial charge on any atom is -0.497 e. The number of pyridine rings is 1. The van der Waals surface area contributed by atoms with Crippen molar-refractivity contribution < 1.29 is 17.9 Å². The number of carbonyl (C=O) groups is 1. The van der Waals surface area contributed by atoms with Gasteiger partial charge in [-0.3, -0.25) is 4.79 Å². The fourth-order valence-electron chi connectivity index (χ4n) is 3.03. The molecule has 0 saturated carbocycles. The summed E-state index contributed by atoms with van der Waals surface area (Å²) in [5.74, 6) is 0.457. The predicted molar refractivity (Wildman–Crippen MR) is 118 cm³/mol. The highest BCUT2D eigenvalue weighted by Crippen LogP contribution is 2.33. The maximum atomic E-state index is 13.0. The summed E-state index contributed by atoms with van der Waals surface area (Å²) in [7, 11) is -2.23. The quantitative estimate of drug-likeness (QED) is 0.485. The summed E-state index contributed by atoms with van der Waals surface area (Å²) >= 11 is 1.45. The van der Waals surface area contributed by atoms with Gasteiger partial charge in [0, 0.05) is 17.2 Å². The van der Waals surface area contributed by atoms with Gasteiger partial charge in [-0.25, -0.2) is 13.4 Å². The van der Waals surface area contributed by atoms with Crippen molar-refractivity contribution in [1.29, 1.82) is 0 Å². The molecule has 0 aliphatic heterocycles. The number of carbonyl (C=O) groups excluding carboxylic acids is 1. The van der Waals surface area contributed by atoms with Crippen LogP contribution in [0.3, 0.4) is 0 Å². The Balaban J connectivity index is 1.71. The first-order valence-corrected chi connectivity index (χ1v) is 11.3. The number of amides is 1. The van der Waals surface area contributed by atoms with Crippen LogP contribution in [0.1, 0.15) is 6.92 Å². The molecule has 4 rings (SSSR count). The van der Waals surface area contributed by atoms with Gasteiger partial charge in [-0.2, -0.15) is 0 Å². The van der Waals surface area contributed by atoms with Crippen molar-refractivity contribution in [2.75, 3.05) is 12.4 Å². The van der Waals surface area contributed by atoms with E-state index in [4.69, 9.17) is 4.74 Å². The Hall–Kier alpha value is -3.23. The van der Waals surface area contributed by atoms with Gasteiger partial charge in [-0.1, -0.05) is 18.2 Å². The second-order valence-corrected chi connectivity index (χ2v) is 9.56. The van der Waals surface area contributed by atoms with Crippen LogP contribution >= 0.6 is 11.3 Å². The molecule has 8 heteroatoms. The molecule has 2 heterocycles. The van der Waals surface area contributed by atoms with Crippen LogP contribution in [0.25, 0.3) is 21.3 Å². The Labute approximate surface area is 178 Å². The average molecular weight is 439 g/mol. The first-order valence-electron chi connectivity index (χ1n) is 9.04. The van der Waals surface area contributed by atoms with Crippen molar-refractivity contribution in [3.8, 4) is 17.0 Å². The summed E-state index contributed by atoms with van der Waals surface area (Å²) < 4.78 is 32.1. The molecule has 1 N–H and O–H groups in total. The molecule has 0 spiro atoms. The van der Waals surface area contributed by atoms with Crippen molar-refractivity contribution >= 4 is 42.2 Å². The van der Waals surface area contributed by atoms with Crippen LogP contribution < -0.4 is 10.1 Å². The first kappa shape index (κ1) is 20.1. The van der Waals surface area contributed by atoms with Gasteiger partial charge in [0.25, 0.3) is 0 Å². The largest absolute Gasteiger partial charge is 0.497 e. The van der Waals surface area contributed by atoms with Crippen molar-refractivity contribution in [2.45, 2.75) is 16.8 Å². The van der Waals surface area contributed by atoms with Gasteiger partial charge in [0.05, 0.1) is 22.7 Å². The highest BCUT2D eigenvalue weighted by molar-refractivity contribution is 7.91. The highest BCUT2D eigenvalue weighted by Gasteiger charge is 2.20. The Morgan fingerprint density at radius 3 is 2.50 bits per heavy atom. The summed E-state index contributed by atoms with van der Waals surface area (Å²) in [6.45, 7) is 1.47. The summed E-state index contributed by atoms with van der Waals surface area (Å²) in [5.41, 5.74) is 1.35. The van der Waals surface area contributed by atoms with E-state index in [0.717, 1.165) is 20.7 Å². The van der Waals surface area contributed by atoms with Gasteiger partial charge in [-0.15, -0.1) is 11.3 Å². The number of rotatable bonds is 5. The van der Waals surface area contributed by atoms with E-state index >= 15 is 0 Å². The van der Waals surface area contributed by atoms with E-state index in [1.807, 2.05) is 24.3 Å². The number of aromatic nitrogens is 1. The normalized spacial score (nSPS) is 11.4. The lowest BCUT2D eigenvalue weighted by Gasteiger charge is -2.07. The second kappa shape index (κ2) is 7.89. The van der Waals surface area contributed by atoms with Gasteiger partial charge >= 0.3 is 0 Å². The summed E-state index contributed by atoms with van der Waals surface area (Å²) in [4.78, 5) is 15.8. The topological polar surface area (TPSA) is 85.4 Å². The fraction of sp³-hybridized carbons (Fsp3) is 0.0909. The Morgan fingerprint density at radius 2 is 1.80 bits per heavy atom. The van der Waals surface area contributed by atoms with Gasteiger partial charge in [-0.05, 0) is 53.9 Å². The van der Waals surface area contributed by atoms with Crippen LogP contribution in [-0.4, -0.2) is 26.4 Å². The summed E-state index contributed by atoms with van der Waals surface area (Å²) in [5, 5.41) is 4.52. The maximum Gasteiger partial charge on any atom is 0.223 e. The molecule has 1 amide bonds. The van der Waals surface area contributed by atoms with Crippen LogP contribution in [0.15, 0.2) is 76.7 Å². The number of methoxy groups -OCH3 is 1. The second-order valence-electron chi connectivity index (χ2n) is 6.58. The van der Waals surface area contributed by atoms with Crippen LogP contribution in [0.2, 0.25) is 0 Å². The van der Waals surface area contributed by atoms with Gasteiger partial charge < -0.3 is 10.1 Å². The number of nitrogens with one attached hydrogen (secondary N) is 1. The number of ether oxygens (including phenoxy) is 1. The van der Waals surface area contributed by atoms with Crippen LogP contribution in [0.4, 0.5) is 5.00 Å². The maximum absolute atomic E-state index is 13.0. The van der Waals surface area contributed by atoms with E-state index in [0.29, 0.717) is 11.4 Å². The molecule has 4 aromatic rings. The molecule has 30 heavy (non-hydrogen) atoms. The van der Waals surface area contributed by atoms with Crippen LogP contribution in [0, 0.1) is 0 Å². The lowest BCUT2D eigenvalue weighted by atomic mass is 10.1. The third-order valence-electron chi connectivity index (χ3n) is 4.48. The van der Waals surface area contributed by atoms with E-state index in [2.05, 4.69) is 10.3 Å². The predicted octanol–water partition coefficient (Wildman–Crippen LogP) is 4.76. The highest BCUT2D eigenvalue weighted by atomic mass is 32.2. The number of anilines is 1. The molecule has 0 atom stereocenters. The smallest absolute Gasteiger partial charge is 0.223 e. The number of fused-ring (bicyclic) bond motifs is 1. The third kappa shape index (κ3) is 3.92. The van der Waals surface area contributed by atoms with E-state index < -0.39 is 9.84 Å². The number of hydrogen-bond donors (Lipinski definition) is 1. The minimum absolute atomic E-state index is 0.0182. The molecule has 6 nitrogen and oxygen atoms in total. The van der Waals surface area contributed by atoms with E-state index in [1.54, 1.807) is 24.3 Å². The fourth-order valence-corrected chi connectivity index (χ4v) is 5.29. The third-order valence-corrected chi connectivity index (χ3v) is 7.17. The number of hydrogen-bond acceptors (Lipinski definition) is 6. The molecule has 0 aliphatic rings. The SMILES string of the molecule is COc1ccc(S(=O)(=O)c2cccc(-c3ccc4cc(NC(C)=O)sc4c3)n2)cc1. The Kier molecular flexibility index (Phi) is 5.27. The zero-order valence-electron chi connectivity index (χ0n) is 16.2. The first-order chi connectivity index (χ1) is 14.4. The average Bonchev–Trinajstić information content (AvgIpc) is 3.14. The minimum atomic E-state index is -3.76. The molecule has 2 aromatic heterocycles. The molecular formula is C22H18N2O4S2. The van der Waals surface area contributed by atoms with Gasteiger partial charge in [0.1, 0.15) is 5.75 Å². The number of sulfone groups is 1. The van der Waals surface area contributed by atoms with E-state index in [1.165, 1.54) is 43.6 Å². The molecule has 0 unspecified atom stereocenters. The monoisotopic (exact) mass is 438 g/mol. The molecular weight excluding hydrogens is 420 g/mol. The van der Waals surface area contributed by atoms with Gasteiger partial charge in [0.15, 0.2) is 5.03 Å². The van der Waals surface area contributed by atoms with E-state index in [9.17, 15) is 13.2 Å². The summed E-state index contributed by atoms with van der Waals surface area (Å²) in [6, 6.07) is 18.8. The summed E-state index contributed by atoms with van der Waals surface area (Å²) in [6.07, 6.45) is 0. The van der Waals surface area contributed by atoms with Crippen LogP contribution in [0.5, 0.6) is 5.75 Å². The van der Waals surface area contributed by atoms with Crippen molar-refractivity contribution in [2.24, 2.45) is 0 Å². The standard InChI is InChI=1S/C22H18N2O4S2/c1-14(25)23-21-13-16-7-6-15(12-20(16)29-21)19-4-3-5-22(24-19)30(26,27)18-10-8-17(28-2)9-11-18/h3-13H,1-2H3,(H,23,25). The Bertz CT molecular complexity index is 1340. The van der Waals surface area contributed by atoms with Crippen molar-refractivity contribution in [1.82, 2.24) is 4.98 Å². The molecule has 0 fully saturated rings. The number of thiophene rings is 1. The molecule has 0 bridgehead atoms. The molecule has 0 aliphatic carbocycles.